The number of benzene rings is 2. The largest absolute Gasteiger partial charge is 0.353 e. The first-order valence-electron chi connectivity index (χ1n) is 12.4. The van der Waals surface area contributed by atoms with Crippen molar-refractivity contribution in [1.82, 2.24) is 24.9 Å². The quantitative estimate of drug-likeness (QED) is 0.269. The van der Waals surface area contributed by atoms with Crippen LogP contribution in [0, 0.1) is 0 Å². The van der Waals surface area contributed by atoms with Crippen LogP contribution in [0.1, 0.15) is 35.8 Å². The fourth-order valence-electron chi connectivity index (χ4n) is 4.89. The van der Waals surface area contributed by atoms with Crippen LogP contribution in [0.15, 0.2) is 65.8 Å². The second kappa shape index (κ2) is 10.0. The van der Waals surface area contributed by atoms with Gasteiger partial charge >= 0.3 is 0 Å². The van der Waals surface area contributed by atoms with Gasteiger partial charge in [0.25, 0.3) is 0 Å². The molecule has 2 aromatic carbocycles. The van der Waals surface area contributed by atoms with Crippen LogP contribution in [0.3, 0.4) is 0 Å². The molecule has 1 atom stereocenters. The number of rotatable bonds is 8. The van der Waals surface area contributed by atoms with Gasteiger partial charge in [-0.2, -0.15) is 0 Å². The minimum Gasteiger partial charge on any atom is -0.353 e. The van der Waals surface area contributed by atoms with Gasteiger partial charge in [-0.25, -0.2) is 4.98 Å². The SMILES string of the molecule is CC(CCc1ccccc1)NC(=O)CSc1nnc2c3c4c(sc3nc(-c3ccccc3)n12)CCC4. The molecular formula is C28H27N5OS2. The smallest absolute Gasteiger partial charge is 0.230 e. The van der Waals surface area contributed by atoms with E-state index in [2.05, 4.69) is 58.8 Å². The number of hydrogen-bond donors (Lipinski definition) is 1. The second-order valence-electron chi connectivity index (χ2n) is 9.26. The van der Waals surface area contributed by atoms with E-state index in [-0.39, 0.29) is 17.7 Å². The van der Waals surface area contributed by atoms with Crippen LogP contribution in [0.4, 0.5) is 0 Å². The van der Waals surface area contributed by atoms with Crippen LogP contribution in [-0.4, -0.2) is 37.3 Å². The van der Waals surface area contributed by atoms with Gasteiger partial charge in [0.1, 0.15) is 10.7 Å². The van der Waals surface area contributed by atoms with Crippen molar-refractivity contribution in [3.8, 4) is 11.4 Å². The van der Waals surface area contributed by atoms with Crippen LogP contribution in [0.5, 0.6) is 0 Å². The first-order valence-corrected chi connectivity index (χ1v) is 14.2. The van der Waals surface area contributed by atoms with Crippen LogP contribution in [-0.2, 0) is 24.1 Å². The molecule has 1 aliphatic carbocycles. The third-order valence-electron chi connectivity index (χ3n) is 6.66. The Bertz CT molecular complexity index is 1530. The van der Waals surface area contributed by atoms with Crippen molar-refractivity contribution in [1.29, 1.82) is 0 Å². The van der Waals surface area contributed by atoms with Gasteiger partial charge in [-0.05, 0) is 50.2 Å². The Morgan fingerprint density at radius 1 is 1.08 bits per heavy atom. The maximum atomic E-state index is 12.8. The lowest BCUT2D eigenvalue weighted by Gasteiger charge is -2.14. The molecule has 3 heterocycles. The highest BCUT2D eigenvalue weighted by atomic mass is 32.2. The Kier molecular flexibility index (Phi) is 6.46. The van der Waals surface area contributed by atoms with Crippen LogP contribution >= 0.6 is 23.1 Å². The molecule has 0 aliphatic heterocycles. The Balaban J connectivity index is 1.24. The molecule has 0 saturated heterocycles. The van der Waals surface area contributed by atoms with Gasteiger partial charge in [-0.15, -0.1) is 21.5 Å². The third kappa shape index (κ3) is 4.51. The number of nitrogens with one attached hydrogen (secondary N) is 1. The first-order chi connectivity index (χ1) is 17.7. The van der Waals surface area contributed by atoms with Gasteiger partial charge in [0, 0.05) is 16.5 Å². The molecule has 1 unspecified atom stereocenters. The highest BCUT2D eigenvalue weighted by molar-refractivity contribution is 7.99. The number of amides is 1. The van der Waals surface area contributed by atoms with Crippen molar-refractivity contribution < 1.29 is 4.79 Å². The van der Waals surface area contributed by atoms with Gasteiger partial charge in [0.05, 0.1) is 11.1 Å². The maximum Gasteiger partial charge on any atom is 0.230 e. The minimum atomic E-state index is 0.00374. The van der Waals surface area contributed by atoms with Gasteiger partial charge < -0.3 is 5.32 Å². The van der Waals surface area contributed by atoms with E-state index in [4.69, 9.17) is 4.98 Å². The van der Waals surface area contributed by atoms with Crippen LogP contribution < -0.4 is 5.32 Å². The summed E-state index contributed by atoms with van der Waals surface area (Å²) in [6, 6.07) is 20.6. The topological polar surface area (TPSA) is 72.2 Å². The van der Waals surface area contributed by atoms with E-state index in [1.54, 1.807) is 11.3 Å². The predicted octanol–water partition coefficient (Wildman–Crippen LogP) is 5.72. The Hall–Kier alpha value is -3.23. The van der Waals surface area contributed by atoms with Crippen LogP contribution in [0.2, 0.25) is 0 Å². The van der Waals surface area contributed by atoms with E-state index >= 15 is 0 Å². The average molecular weight is 514 g/mol. The minimum absolute atomic E-state index is 0.00374. The number of aryl methyl sites for hydroxylation is 3. The normalized spacial score (nSPS) is 13.8. The summed E-state index contributed by atoms with van der Waals surface area (Å²) in [5.74, 6) is 1.11. The van der Waals surface area contributed by atoms with E-state index in [0.717, 1.165) is 52.9 Å². The molecule has 1 N–H and O–H groups in total. The number of hydrogen-bond acceptors (Lipinski definition) is 6. The van der Waals surface area contributed by atoms with Crippen molar-refractivity contribution in [2.24, 2.45) is 0 Å². The van der Waals surface area contributed by atoms with Gasteiger partial charge in [-0.3, -0.25) is 9.20 Å². The van der Waals surface area contributed by atoms with E-state index in [9.17, 15) is 4.79 Å². The number of fused-ring (bicyclic) bond motifs is 5. The molecular weight excluding hydrogens is 486 g/mol. The van der Waals surface area contributed by atoms with E-state index in [1.807, 2.05) is 28.7 Å². The second-order valence-corrected chi connectivity index (χ2v) is 11.3. The fourth-order valence-corrected chi connectivity index (χ4v) is 6.89. The molecule has 0 bridgehead atoms. The summed E-state index contributed by atoms with van der Waals surface area (Å²) in [5, 5.41) is 14.1. The molecule has 0 saturated carbocycles. The number of thiophene rings is 1. The van der Waals surface area contributed by atoms with E-state index in [1.165, 1.54) is 34.2 Å². The lowest BCUT2D eigenvalue weighted by molar-refractivity contribution is -0.119. The highest BCUT2D eigenvalue weighted by Gasteiger charge is 2.25. The maximum absolute atomic E-state index is 12.8. The number of nitrogens with zero attached hydrogens (tertiary/aromatic N) is 4. The zero-order chi connectivity index (χ0) is 24.5. The number of thioether (sulfide) groups is 1. The molecule has 0 radical (unpaired) electrons. The average Bonchev–Trinajstić information content (AvgIpc) is 3.61. The Morgan fingerprint density at radius 3 is 2.67 bits per heavy atom. The molecule has 0 fully saturated rings. The van der Waals surface area contributed by atoms with Crippen molar-refractivity contribution in [3.63, 3.8) is 0 Å². The summed E-state index contributed by atoms with van der Waals surface area (Å²) in [7, 11) is 0. The van der Waals surface area contributed by atoms with Crippen molar-refractivity contribution >= 4 is 44.9 Å². The third-order valence-corrected chi connectivity index (χ3v) is 8.77. The van der Waals surface area contributed by atoms with Crippen LogP contribution in [0.25, 0.3) is 27.3 Å². The van der Waals surface area contributed by atoms with Crippen molar-refractivity contribution in [2.75, 3.05) is 5.75 Å². The molecule has 3 aromatic heterocycles. The molecule has 182 valence electrons. The number of carbonyl (C=O) groups excluding carboxylic acids is 1. The highest BCUT2D eigenvalue weighted by Crippen LogP contribution is 2.40. The summed E-state index contributed by atoms with van der Waals surface area (Å²) < 4.78 is 2.04. The summed E-state index contributed by atoms with van der Waals surface area (Å²) in [4.78, 5) is 20.3. The van der Waals surface area contributed by atoms with Gasteiger partial charge in [0.15, 0.2) is 10.8 Å². The van der Waals surface area contributed by atoms with E-state index in [0.29, 0.717) is 5.16 Å². The standard InChI is InChI=1S/C28H27N5OS2/c1-18(15-16-19-9-4-2-5-10-19)29-23(34)17-35-28-32-31-26-24-21-13-8-14-22(21)36-27(24)30-25(33(26)28)20-11-6-3-7-12-20/h2-7,9-12,18H,8,13-17H2,1H3,(H,29,34). The zero-order valence-electron chi connectivity index (χ0n) is 20.1. The molecule has 6 nitrogen and oxygen atoms in total. The summed E-state index contributed by atoms with van der Waals surface area (Å²) in [5.41, 5.74) is 4.52. The lowest BCUT2D eigenvalue weighted by Crippen LogP contribution is -2.34. The first kappa shape index (κ1) is 23.2. The molecule has 6 rings (SSSR count). The summed E-state index contributed by atoms with van der Waals surface area (Å²) in [6.45, 7) is 2.06. The Labute approximate surface area is 218 Å². The van der Waals surface area contributed by atoms with Gasteiger partial charge in [0.2, 0.25) is 5.91 Å². The lowest BCUT2D eigenvalue weighted by atomic mass is 10.1. The zero-order valence-corrected chi connectivity index (χ0v) is 21.7. The monoisotopic (exact) mass is 513 g/mol. The van der Waals surface area contributed by atoms with Crippen molar-refractivity contribution in [2.45, 2.75) is 50.2 Å². The molecule has 0 spiro atoms. The van der Waals surface area contributed by atoms with Crippen molar-refractivity contribution in [3.05, 3.63) is 76.7 Å². The predicted molar refractivity (Wildman–Crippen MR) is 147 cm³/mol. The fraction of sp³-hybridized carbons (Fsp3) is 0.286. The number of carbonyl (C=O) groups is 1. The molecule has 36 heavy (non-hydrogen) atoms. The number of aromatic nitrogens is 4. The van der Waals surface area contributed by atoms with Gasteiger partial charge in [-0.1, -0.05) is 72.4 Å². The summed E-state index contributed by atoms with van der Waals surface area (Å²) in [6.07, 6.45) is 5.20. The molecule has 5 aromatic rings. The van der Waals surface area contributed by atoms with E-state index < -0.39 is 0 Å². The molecule has 1 amide bonds. The Morgan fingerprint density at radius 2 is 1.86 bits per heavy atom. The molecule has 8 heteroatoms. The molecule has 1 aliphatic rings. The summed E-state index contributed by atoms with van der Waals surface area (Å²) >= 11 is 3.20.